The molecule has 3 N–H and O–H groups in total. The molecule has 0 amide bonds. The van der Waals surface area contributed by atoms with Gasteiger partial charge in [-0.15, -0.1) is 0 Å². The molecule has 0 saturated carbocycles. The van der Waals surface area contributed by atoms with Gasteiger partial charge >= 0.3 is 5.97 Å². The van der Waals surface area contributed by atoms with E-state index in [2.05, 4.69) is 20.3 Å². The van der Waals surface area contributed by atoms with Crippen LogP contribution in [0.1, 0.15) is 10.4 Å². The zero-order valence-electron chi connectivity index (χ0n) is 13.8. The first kappa shape index (κ1) is 16.5. The number of aromatic carboxylic acids is 1. The third-order valence-electron chi connectivity index (χ3n) is 3.87. The zero-order chi connectivity index (χ0) is 18.8. The number of carboxylic acids is 1. The van der Waals surface area contributed by atoms with Crippen molar-refractivity contribution in [2.75, 3.05) is 5.32 Å². The lowest BCUT2D eigenvalue weighted by molar-refractivity contribution is 0.0697. The number of nitrogens with zero attached hydrogens (tertiary/aromatic N) is 2. The summed E-state index contributed by atoms with van der Waals surface area (Å²) in [4.78, 5) is 22.3. The third kappa shape index (κ3) is 3.28. The molecule has 0 aliphatic heterocycles. The number of H-pyrrole nitrogens is 1. The number of anilines is 2. The van der Waals surface area contributed by atoms with Crippen LogP contribution < -0.4 is 10.1 Å². The van der Waals surface area contributed by atoms with E-state index in [0.717, 1.165) is 5.39 Å². The van der Waals surface area contributed by atoms with Crippen LogP contribution in [0.4, 0.5) is 15.9 Å². The van der Waals surface area contributed by atoms with E-state index >= 15 is 0 Å². The Labute approximate surface area is 152 Å². The first-order valence-electron chi connectivity index (χ1n) is 7.96. The molecule has 8 heteroatoms. The molecule has 7 nitrogen and oxygen atoms in total. The molecular weight excluding hydrogens is 351 g/mol. The molecule has 0 bridgehead atoms. The van der Waals surface area contributed by atoms with Gasteiger partial charge in [-0.1, -0.05) is 0 Å². The minimum Gasteiger partial charge on any atom is -0.478 e. The average Bonchev–Trinajstić information content (AvgIpc) is 3.14. The maximum Gasteiger partial charge on any atom is 0.339 e. The molecule has 27 heavy (non-hydrogen) atoms. The summed E-state index contributed by atoms with van der Waals surface area (Å²) < 4.78 is 20.2. The van der Waals surface area contributed by atoms with E-state index in [9.17, 15) is 14.3 Å². The van der Waals surface area contributed by atoms with E-state index < -0.39 is 11.8 Å². The molecule has 0 saturated heterocycles. The molecule has 4 aromatic rings. The predicted octanol–water partition coefficient (Wildman–Crippen LogP) is 4.33. The van der Waals surface area contributed by atoms with Gasteiger partial charge < -0.3 is 20.1 Å². The minimum atomic E-state index is -1.13. The summed E-state index contributed by atoms with van der Waals surface area (Å²) >= 11 is 0. The zero-order valence-corrected chi connectivity index (χ0v) is 13.8. The average molecular weight is 364 g/mol. The summed E-state index contributed by atoms with van der Waals surface area (Å²) in [6.07, 6.45) is 4.74. The lowest BCUT2D eigenvalue weighted by Crippen LogP contribution is -2.04. The summed E-state index contributed by atoms with van der Waals surface area (Å²) in [6.45, 7) is 0. The van der Waals surface area contributed by atoms with Crippen molar-refractivity contribution in [3.8, 4) is 11.5 Å². The van der Waals surface area contributed by atoms with Gasteiger partial charge in [-0.05, 0) is 36.4 Å². The number of fused-ring (bicyclic) bond motifs is 1. The Morgan fingerprint density at radius 2 is 2.00 bits per heavy atom. The highest BCUT2D eigenvalue weighted by Gasteiger charge is 2.13. The van der Waals surface area contributed by atoms with Crippen LogP contribution in [0, 0.1) is 5.82 Å². The SMILES string of the molecule is O=C(O)c1cccnc1Nc1ccc(Oc2ccnc3[nH]ccc23)c(F)c1. The van der Waals surface area contributed by atoms with E-state index in [1.165, 1.54) is 30.5 Å². The highest BCUT2D eigenvalue weighted by Crippen LogP contribution is 2.31. The molecule has 0 atom stereocenters. The van der Waals surface area contributed by atoms with Crippen LogP contribution in [-0.4, -0.2) is 26.0 Å². The van der Waals surface area contributed by atoms with Crippen LogP contribution >= 0.6 is 0 Å². The van der Waals surface area contributed by atoms with Crippen molar-refractivity contribution in [2.24, 2.45) is 0 Å². The number of benzene rings is 1. The van der Waals surface area contributed by atoms with Gasteiger partial charge in [-0.2, -0.15) is 0 Å². The van der Waals surface area contributed by atoms with E-state index in [0.29, 0.717) is 17.1 Å². The number of aromatic nitrogens is 3. The summed E-state index contributed by atoms with van der Waals surface area (Å²) in [5.41, 5.74) is 0.981. The molecule has 0 spiro atoms. The van der Waals surface area contributed by atoms with E-state index in [1.807, 2.05) is 0 Å². The Morgan fingerprint density at radius 3 is 2.81 bits per heavy atom. The fourth-order valence-electron chi connectivity index (χ4n) is 2.62. The Kier molecular flexibility index (Phi) is 4.13. The summed E-state index contributed by atoms with van der Waals surface area (Å²) in [6, 6.07) is 10.6. The number of halogens is 1. The van der Waals surface area contributed by atoms with Crippen molar-refractivity contribution >= 4 is 28.5 Å². The summed E-state index contributed by atoms with van der Waals surface area (Å²) in [7, 11) is 0. The van der Waals surface area contributed by atoms with Crippen LogP contribution in [0.15, 0.2) is 61.1 Å². The standard InChI is InChI=1S/C19H13FN4O3/c20-14-10-11(24-18-13(19(25)26)2-1-7-21-18)3-4-16(14)27-15-6-9-23-17-12(15)5-8-22-17/h1-10H,(H,21,24)(H,22,23)(H,25,26). The highest BCUT2D eigenvalue weighted by molar-refractivity contribution is 5.93. The quantitative estimate of drug-likeness (QED) is 0.487. The first-order chi connectivity index (χ1) is 13.1. The molecule has 3 aromatic heterocycles. The van der Waals surface area contributed by atoms with Gasteiger partial charge in [0.15, 0.2) is 11.6 Å². The first-order valence-corrected chi connectivity index (χ1v) is 7.96. The number of pyridine rings is 2. The molecule has 4 rings (SSSR count). The fraction of sp³-hybridized carbons (Fsp3) is 0. The van der Waals surface area contributed by atoms with Crippen LogP contribution in [0.3, 0.4) is 0 Å². The minimum absolute atomic E-state index is 0.00938. The Morgan fingerprint density at radius 1 is 1.11 bits per heavy atom. The van der Waals surface area contributed by atoms with Gasteiger partial charge in [0.1, 0.15) is 22.8 Å². The number of hydrogen-bond acceptors (Lipinski definition) is 5. The number of ether oxygens (including phenoxy) is 1. The molecular formula is C19H13FN4O3. The second kappa shape index (κ2) is 6.75. The second-order valence-corrected chi connectivity index (χ2v) is 5.63. The van der Waals surface area contributed by atoms with Crippen LogP contribution in [0.5, 0.6) is 11.5 Å². The molecule has 3 heterocycles. The van der Waals surface area contributed by atoms with Crippen molar-refractivity contribution in [1.29, 1.82) is 0 Å². The number of hydrogen-bond donors (Lipinski definition) is 3. The van der Waals surface area contributed by atoms with Gasteiger partial charge in [-0.25, -0.2) is 19.2 Å². The van der Waals surface area contributed by atoms with Crippen LogP contribution in [0.25, 0.3) is 11.0 Å². The van der Waals surface area contributed by atoms with E-state index in [4.69, 9.17) is 4.74 Å². The number of carbonyl (C=O) groups is 1. The normalized spacial score (nSPS) is 10.7. The predicted molar refractivity (Wildman–Crippen MR) is 97.0 cm³/mol. The van der Waals surface area contributed by atoms with Crippen molar-refractivity contribution in [1.82, 2.24) is 15.0 Å². The van der Waals surface area contributed by atoms with Gasteiger partial charge in [-0.3, -0.25) is 0 Å². The smallest absolute Gasteiger partial charge is 0.339 e. The number of rotatable bonds is 5. The van der Waals surface area contributed by atoms with Crippen molar-refractivity contribution in [3.63, 3.8) is 0 Å². The number of nitrogens with one attached hydrogen (secondary N) is 2. The second-order valence-electron chi connectivity index (χ2n) is 5.63. The van der Waals surface area contributed by atoms with Gasteiger partial charge in [0.25, 0.3) is 0 Å². The van der Waals surface area contributed by atoms with Crippen molar-refractivity contribution in [2.45, 2.75) is 0 Å². The Bertz CT molecular complexity index is 1140. The maximum absolute atomic E-state index is 14.5. The molecule has 0 aliphatic rings. The van der Waals surface area contributed by atoms with Gasteiger partial charge in [0.05, 0.1) is 5.39 Å². The molecule has 0 unspecified atom stereocenters. The lowest BCUT2D eigenvalue weighted by Gasteiger charge is -2.11. The Hall–Kier alpha value is -3.94. The fourth-order valence-corrected chi connectivity index (χ4v) is 2.62. The monoisotopic (exact) mass is 364 g/mol. The maximum atomic E-state index is 14.5. The summed E-state index contributed by atoms with van der Waals surface area (Å²) in [5.74, 6) is -1.10. The highest BCUT2D eigenvalue weighted by atomic mass is 19.1. The topological polar surface area (TPSA) is 100 Å². The number of aromatic amines is 1. The van der Waals surface area contributed by atoms with Gasteiger partial charge in [0, 0.05) is 30.3 Å². The molecule has 134 valence electrons. The van der Waals surface area contributed by atoms with Crippen molar-refractivity contribution in [3.05, 3.63) is 72.4 Å². The largest absolute Gasteiger partial charge is 0.478 e. The third-order valence-corrected chi connectivity index (χ3v) is 3.87. The molecule has 0 radical (unpaired) electrons. The molecule has 0 fully saturated rings. The number of carboxylic acid groups (broad SMARTS) is 1. The van der Waals surface area contributed by atoms with Gasteiger partial charge in [0.2, 0.25) is 0 Å². The van der Waals surface area contributed by atoms with Crippen molar-refractivity contribution < 1.29 is 19.0 Å². The van der Waals surface area contributed by atoms with Crippen LogP contribution in [-0.2, 0) is 0 Å². The van der Waals surface area contributed by atoms with Crippen LogP contribution in [0.2, 0.25) is 0 Å². The molecule has 1 aromatic carbocycles. The molecule has 0 aliphatic carbocycles. The summed E-state index contributed by atoms with van der Waals surface area (Å²) in [5, 5.41) is 12.7. The van der Waals surface area contributed by atoms with E-state index in [-0.39, 0.29) is 17.1 Å². The lowest BCUT2D eigenvalue weighted by atomic mass is 10.2. The van der Waals surface area contributed by atoms with E-state index in [1.54, 1.807) is 30.6 Å². The Balaban J connectivity index is 1.60.